The number of amides is 1. The molecule has 0 saturated heterocycles. The lowest BCUT2D eigenvalue weighted by atomic mass is 10.1. The number of hydrogen-bond acceptors (Lipinski definition) is 3. The summed E-state index contributed by atoms with van der Waals surface area (Å²) in [4.78, 5) is 23.1. The minimum atomic E-state index is -0.849. The first-order valence-electron chi connectivity index (χ1n) is 6.26. The van der Waals surface area contributed by atoms with E-state index in [1.165, 1.54) is 0 Å². The van der Waals surface area contributed by atoms with Crippen LogP contribution in [-0.4, -0.2) is 17.5 Å². The summed E-state index contributed by atoms with van der Waals surface area (Å²) in [5, 5.41) is 2.58. The lowest BCUT2D eigenvalue weighted by molar-refractivity contribution is -0.163. The number of benzene rings is 1. The molecule has 4 nitrogen and oxygen atoms in total. The van der Waals surface area contributed by atoms with Crippen LogP contribution in [0.5, 0.6) is 0 Å². The van der Waals surface area contributed by atoms with Gasteiger partial charge in [-0.05, 0) is 45.7 Å². The largest absolute Gasteiger partial charge is 0.453 e. The molecular weight excluding hydrogens is 242 g/mol. The van der Waals surface area contributed by atoms with Gasteiger partial charge in [0.15, 0.2) is 0 Å². The van der Waals surface area contributed by atoms with Gasteiger partial charge in [-0.1, -0.05) is 23.8 Å². The Bertz CT molecular complexity index is 487. The van der Waals surface area contributed by atoms with Crippen molar-refractivity contribution in [1.82, 2.24) is 5.32 Å². The van der Waals surface area contributed by atoms with Gasteiger partial charge in [-0.2, -0.15) is 0 Å². The molecule has 104 valence electrons. The summed E-state index contributed by atoms with van der Waals surface area (Å²) in [5.41, 5.74) is 2.53. The van der Waals surface area contributed by atoms with Gasteiger partial charge in [0.1, 0.15) is 5.60 Å². The lowest BCUT2D eigenvalue weighted by Crippen LogP contribution is -2.36. The molecule has 1 aromatic carbocycles. The summed E-state index contributed by atoms with van der Waals surface area (Å²) in [6, 6.07) is 5.99. The summed E-state index contributed by atoms with van der Waals surface area (Å²) in [7, 11) is 0. The van der Waals surface area contributed by atoms with Crippen LogP contribution in [0.1, 0.15) is 37.5 Å². The number of hydrogen-bond donors (Lipinski definition) is 1. The number of carbonyl (C=O) groups is 2. The Hall–Kier alpha value is -1.84. The first kappa shape index (κ1) is 15.2. The summed E-state index contributed by atoms with van der Waals surface area (Å²) in [6.07, 6.45) is 0. The van der Waals surface area contributed by atoms with Gasteiger partial charge in [-0.15, -0.1) is 0 Å². The van der Waals surface area contributed by atoms with Gasteiger partial charge in [-0.3, -0.25) is 4.79 Å². The number of esters is 1. The molecular formula is C15H21NO3. The number of carbonyl (C=O) groups excluding carboxylic acids is 2. The lowest BCUT2D eigenvalue weighted by Gasteiger charge is -2.19. The first-order valence-corrected chi connectivity index (χ1v) is 6.26. The van der Waals surface area contributed by atoms with E-state index < -0.39 is 17.5 Å². The van der Waals surface area contributed by atoms with Crippen molar-refractivity contribution in [2.24, 2.45) is 0 Å². The number of aryl methyl sites for hydroxylation is 2. The molecule has 0 aliphatic rings. The average molecular weight is 263 g/mol. The van der Waals surface area contributed by atoms with Crippen molar-refractivity contribution in [2.75, 3.05) is 0 Å². The number of nitrogens with one attached hydrogen (secondary N) is 1. The van der Waals surface area contributed by atoms with Crippen LogP contribution in [0.2, 0.25) is 0 Å². The minimum Gasteiger partial charge on any atom is -0.453 e. The monoisotopic (exact) mass is 263 g/mol. The van der Waals surface area contributed by atoms with Crippen molar-refractivity contribution < 1.29 is 14.3 Å². The number of ether oxygens (including phenoxy) is 1. The molecule has 1 rings (SSSR count). The molecule has 0 aliphatic carbocycles. The quantitative estimate of drug-likeness (QED) is 0.657. The van der Waals surface area contributed by atoms with Gasteiger partial charge in [0.25, 0.3) is 0 Å². The molecule has 0 fully saturated rings. The third-order valence-electron chi connectivity index (χ3n) is 2.53. The molecule has 0 unspecified atom stereocenters. The Labute approximate surface area is 114 Å². The normalized spacial score (nSPS) is 11.0. The Morgan fingerprint density at radius 2 is 1.84 bits per heavy atom. The van der Waals surface area contributed by atoms with E-state index in [2.05, 4.69) is 5.32 Å². The molecule has 0 atom stereocenters. The zero-order chi connectivity index (χ0) is 14.6. The molecule has 0 spiro atoms. The molecule has 0 radical (unpaired) electrons. The summed E-state index contributed by atoms with van der Waals surface area (Å²) < 4.78 is 4.99. The molecule has 1 aromatic rings. The van der Waals surface area contributed by atoms with Crippen LogP contribution >= 0.6 is 0 Å². The Kier molecular flexibility index (Phi) is 4.70. The SMILES string of the molecule is Cc1ccc(C)c(CNC(=O)C(=O)OC(C)(C)C)c1. The Balaban J connectivity index is 2.59. The molecule has 0 saturated carbocycles. The van der Waals surface area contributed by atoms with Crippen LogP contribution in [0, 0.1) is 13.8 Å². The molecule has 1 amide bonds. The van der Waals surface area contributed by atoms with Crippen LogP contribution in [0.25, 0.3) is 0 Å². The summed E-state index contributed by atoms with van der Waals surface area (Å²) >= 11 is 0. The third-order valence-corrected chi connectivity index (χ3v) is 2.53. The van der Waals surface area contributed by atoms with Crippen LogP contribution in [-0.2, 0) is 20.9 Å². The van der Waals surface area contributed by atoms with E-state index in [0.717, 1.165) is 16.7 Å². The predicted molar refractivity (Wildman–Crippen MR) is 73.6 cm³/mol. The van der Waals surface area contributed by atoms with E-state index in [1.807, 2.05) is 32.0 Å². The minimum absolute atomic E-state index is 0.325. The molecule has 4 heteroatoms. The van der Waals surface area contributed by atoms with Crippen molar-refractivity contribution in [2.45, 2.75) is 46.8 Å². The highest BCUT2D eigenvalue weighted by molar-refractivity contribution is 6.32. The van der Waals surface area contributed by atoms with Gasteiger partial charge in [-0.25, -0.2) is 4.79 Å². The predicted octanol–water partition coefficient (Wildman–Crippen LogP) is 2.26. The van der Waals surface area contributed by atoms with Gasteiger partial charge in [0, 0.05) is 6.54 Å². The first-order chi connectivity index (χ1) is 8.69. The van der Waals surface area contributed by atoms with Gasteiger partial charge in [0.2, 0.25) is 0 Å². The van der Waals surface area contributed by atoms with E-state index in [4.69, 9.17) is 4.74 Å². The smallest absolute Gasteiger partial charge is 0.397 e. The maximum Gasteiger partial charge on any atom is 0.397 e. The molecule has 19 heavy (non-hydrogen) atoms. The van der Waals surface area contributed by atoms with Gasteiger partial charge >= 0.3 is 11.9 Å². The highest BCUT2D eigenvalue weighted by Crippen LogP contribution is 2.10. The van der Waals surface area contributed by atoms with E-state index in [1.54, 1.807) is 20.8 Å². The molecule has 1 N–H and O–H groups in total. The van der Waals surface area contributed by atoms with E-state index in [9.17, 15) is 9.59 Å². The maximum absolute atomic E-state index is 11.6. The fourth-order valence-corrected chi connectivity index (χ4v) is 1.56. The molecule has 0 aromatic heterocycles. The van der Waals surface area contributed by atoms with Crippen molar-refractivity contribution >= 4 is 11.9 Å². The van der Waals surface area contributed by atoms with Crippen LogP contribution in [0.4, 0.5) is 0 Å². The van der Waals surface area contributed by atoms with E-state index in [-0.39, 0.29) is 0 Å². The average Bonchev–Trinajstić information content (AvgIpc) is 2.27. The van der Waals surface area contributed by atoms with Crippen LogP contribution in [0.15, 0.2) is 18.2 Å². The summed E-state index contributed by atoms with van der Waals surface area (Å²) in [5.74, 6) is -1.56. The molecule has 0 aliphatic heterocycles. The fraction of sp³-hybridized carbons (Fsp3) is 0.467. The second-order valence-electron chi connectivity index (χ2n) is 5.61. The van der Waals surface area contributed by atoms with Crippen molar-refractivity contribution in [1.29, 1.82) is 0 Å². The van der Waals surface area contributed by atoms with E-state index in [0.29, 0.717) is 6.54 Å². The zero-order valence-corrected chi connectivity index (χ0v) is 12.2. The van der Waals surface area contributed by atoms with E-state index >= 15 is 0 Å². The topological polar surface area (TPSA) is 55.4 Å². The molecule has 0 heterocycles. The van der Waals surface area contributed by atoms with Crippen LogP contribution < -0.4 is 5.32 Å². The second kappa shape index (κ2) is 5.87. The van der Waals surface area contributed by atoms with Gasteiger partial charge in [0.05, 0.1) is 0 Å². The van der Waals surface area contributed by atoms with Gasteiger partial charge < -0.3 is 10.1 Å². The second-order valence-corrected chi connectivity index (χ2v) is 5.61. The zero-order valence-electron chi connectivity index (χ0n) is 12.2. The third kappa shape index (κ3) is 5.12. The van der Waals surface area contributed by atoms with Crippen molar-refractivity contribution in [3.8, 4) is 0 Å². The molecule has 0 bridgehead atoms. The van der Waals surface area contributed by atoms with Crippen molar-refractivity contribution in [3.05, 3.63) is 34.9 Å². The maximum atomic E-state index is 11.6. The highest BCUT2D eigenvalue weighted by atomic mass is 16.6. The van der Waals surface area contributed by atoms with Crippen molar-refractivity contribution in [3.63, 3.8) is 0 Å². The number of rotatable bonds is 2. The highest BCUT2D eigenvalue weighted by Gasteiger charge is 2.22. The van der Waals surface area contributed by atoms with Crippen LogP contribution in [0.3, 0.4) is 0 Å². The Morgan fingerprint density at radius 1 is 1.21 bits per heavy atom. The summed E-state index contributed by atoms with van der Waals surface area (Å²) in [6.45, 7) is 9.45. The Morgan fingerprint density at radius 3 is 2.42 bits per heavy atom. The standard InChI is InChI=1S/C15H21NO3/c1-10-6-7-11(2)12(8-10)9-16-13(17)14(18)19-15(3,4)5/h6-8H,9H2,1-5H3,(H,16,17). The fourth-order valence-electron chi connectivity index (χ4n) is 1.56.